The van der Waals surface area contributed by atoms with Crippen LogP contribution in [0.5, 0.6) is 0 Å². The second-order valence-corrected chi connectivity index (χ2v) is 7.75. The summed E-state index contributed by atoms with van der Waals surface area (Å²) in [6, 6.07) is 9.01. The highest BCUT2D eigenvalue weighted by atomic mass is 79.9. The van der Waals surface area contributed by atoms with Gasteiger partial charge in [0.15, 0.2) is 11.5 Å². The van der Waals surface area contributed by atoms with Gasteiger partial charge >= 0.3 is 7.12 Å². The third-order valence-electron chi connectivity index (χ3n) is 4.73. The number of amides is 1. The van der Waals surface area contributed by atoms with Gasteiger partial charge in [0.2, 0.25) is 5.82 Å². The normalized spacial score (nSPS) is 13.1. The molecule has 0 aliphatic carbocycles. The Bertz CT molecular complexity index is 1210. The van der Waals surface area contributed by atoms with Gasteiger partial charge < -0.3 is 20.3 Å². The molecule has 0 unspecified atom stereocenters. The summed E-state index contributed by atoms with van der Waals surface area (Å²) >= 11 is 3.07. The largest absolute Gasteiger partial charge is 0.491 e. The lowest BCUT2D eigenvalue weighted by molar-refractivity contribution is 0.0955. The summed E-state index contributed by atoms with van der Waals surface area (Å²) in [4.78, 5) is 16.6. The van der Waals surface area contributed by atoms with Crippen molar-refractivity contribution in [3.63, 3.8) is 0 Å². The van der Waals surface area contributed by atoms with Gasteiger partial charge in [0, 0.05) is 18.7 Å². The number of hydrogen-bond donors (Lipinski definition) is 5. The fraction of sp³-hybridized carbons (Fsp3) is 0.158. The van der Waals surface area contributed by atoms with Gasteiger partial charge in [-0.15, -0.1) is 0 Å². The lowest BCUT2D eigenvalue weighted by Gasteiger charge is -2.08. The third-order valence-corrected chi connectivity index (χ3v) is 5.34. The topological polar surface area (TPSA) is 154 Å². The van der Waals surface area contributed by atoms with Crippen LogP contribution in [0.1, 0.15) is 21.6 Å². The van der Waals surface area contributed by atoms with E-state index in [9.17, 15) is 19.4 Å². The van der Waals surface area contributed by atoms with Crippen LogP contribution in [-0.2, 0) is 11.3 Å². The molecule has 33 heavy (non-hydrogen) atoms. The number of nitrogens with one attached hydrogen (secondary N) is 3. The smallest absolute Gasteiger partial charge is 0.423 e. The third kappa shape index (κ3) is 5.19. The number of rotatable bonds is 7. The Kier molecular flexibility index (Phi) is 6.98. The van der Waals surface area contributed by atoms with Crippen LogP contribution in [0.4, 0.5) is 15.9 Å². The second-order valence-electron chi connectivity index (χ2n) is 6.89. The van der Waals surface area contributed by atoms with Crippen LogP contribution in [0.15, 0.2) is 50.5 Å². The number of aromatic nitrogens is 2. The predicted octanol–water partition coefficient (Wildman–Crippen LogP) is 1.09. The van der Waals surface area contributed by atoms with Crippen molar-refractivity contribution in [2.45, 2.75) is 6.61 Å². The second kappa shape index (κ2) is 10.1. The first-order valence-electron chi connectivity index (χ1n) is 9.67. The molecule has 3 aromatic rings. The van der Waals surface area contributed by atoms with E-state index in [1.807, 2.05) is 5.48 Å². The zero-order chi connectivity index (χ0) is 23.4. The molecule has 170 valence electrons. The van der Waals surface area contributed by atoms with E-state index < -0.39 is 12.9 Å². The van der Waals surface area contributed by atoms with Gasteiger partial charge in [0.25, 0.3) is 5.91 Å². The average Bonchev–Trinajstić information content (AvgIpc) is 3.43. The fourth-order valence-electron chi connectivity index (χ4n) is 3.10. The van der Waals surface area contributed by atoms with Crippen LogP contribution in [0.3, 0.4) is 0 Å². The fourth-order valence-corrected chi connectivity index (χ4v) is 3.47. The number of nitrogens with zero attached hydrogens (tertiary/aromatic N) is 3. The Morgan fingerprint density at radius 1 is 1.24 bits per heavy atom. The quantitative estimate of drug-likeness (QED) is 0.102. The van der Waals surface area contributed by atoms with E-state index >= 15 is 0 Å². The number of carbonyl (C=O) groups excluding carboxylic acids is 1. The van der Waals surface area contributed by atoms with E-state index in [0.717, 1.165) is 5.56 Å². The van der Waals surface area contributed by atoms with Crippen LogP contribution < -0.4 is 21.6 Å². The number of carbonyl (C=O) groups is 1. The molecule has 11 nitrogen and oxygen atoms in total. The molecule has 0 saturated carbocycles. The van der Waals surface area contributed by atoms with Crippen molar-refractivity contribution in [3.05, 3.63) is 63.5 Å². The highest BCUT2D eigenvalue weighted by Gasteiger charge is 2.27. The zero-order valence-electron chi connectivity index (χ0n) is 16.9. The highest BCUT2D eigenvalue weighted by molar-refractivity contribution is 9.10. The van der Waals surface area contributed by atoms with Gasteiger partial charge in [0.05, 0.1) is 16.8 Å². The predicted molar refractivity (Wildman–Crippen MR) is 119 cm³/mol. The zero-order valence-corrected chi connectivity index (χ0v) is 18.5. The maximum absolute atomic E-state index is 13.4. The number of benzene rings is 2. The molecule has 2 aromatic carbocycles. The average molecular weight is 519 g/mol. The first kappa shape index (κ1) is 22.9. The van der Waals surface area contributed by atoms with Crippen LogP contribution in [0, 0.1) is 5.82 Å². The lowest BCUT2D eigenvalue weighted by Crippen LogP contribution is -2.31. The molecule has 0 radical (unpaired) electrons. The molecule has 0 spiro atoms. The van der Waals surface area contributed by atoms with Gasteiger partial charge in [0.1, 0.15) is 5.82 Å². The van der Waals surface area contributed by atoms with Crippen molar-refractivity contribution in [1.82, 2.24) is 21.1 Å². The molecule has 0 bridgehead atoms. The summed E-state index contributed by atoms with van der Waals surface area (Å²) in [5.41, 5.74) is 4.21. The summed E-state index contributed by atoms with van der Waals surface area (Å²) in [6.45, 7) is 0.755. The van der Waals surface area contributed by atoms with E-state index in [2.05, 4.69) is 41.9 Å². The van der Waals surface area contributed by atoms with E-state index in [1.165, 1.54) is 18.2 Å². The van der Waals surface area contributed by atoms with Gasteiger partial charge in [-0.1, -0.05) is 6.07 Å². The summed E-state index contributed by atoms with van der Waals surface area (Å²) in [5, 5.41) is 32.3. The Morgan fingerprint density at radius 3 is 2.88 bits per heavy atom. The number of halogens is 2. The van der Waals surface area contributed by atoms with Gasteiger partial charge in [-0.25, -0.2) is 14.0 Å². The minimum absolute atomic E-state index is 0.0798. The Hall–Kier alpha value is -3.33. The molecule has 0 atom stereocenters. The molecule has 14 heteroatoms. The van der Waals surface area contributed by atoms with E-state index in [-0.39, 0.29) is 47.4 Å². The first-order valence-corrected chi connectivity index (χ1v) is 10.5. The molecule has 5 N–H and O–H groups in total. The van der Waals surface area contributed by atoms with Crippen LogP contribution in [-0.4, -0.2) is 52.5 Å². The maximum atomic E-state index is 13.4. The molecule has 1 aliphatic heterocycles. The number of aliphatic imine (C=N–C) groups is 1. The molecule has 1 aromatic heterocycles. The SMILES string of the molecule is O=C(NCCNc1nonc1C(=Nc1ccc(F)c(Br)c1)NO)c1ccc2c(c1)COB2O. The summed E-state index contributed by atoms with van der Waals surface area (Å²) < 4.78 is 23.5. The number of amidine groups is 1. The lowest BCUT2D eigenvalue weighted by atomic mass is 9.79. The van der Waals surface area contributed by atoms with Gasteiger partial charge in [-0.05, 0) is 67.6 Å². The monoisotopic (exact) mass is 518 g/mol. The van der Waals surface area contributed by atoms with Crippen LogP contribution >= 0.6 is 15.9 Å². The van der Waals surface area contributed by atoms with Crippen molar-refractivity contribution >= 4 is 51.8 Å². The Labute approximate surface area is 195 Å². The molecule has 0 fully saturated rings. The van der Waals surface area contributed by atoms with Crippen LogP contribution in [0.2, 0.25) is 0 Å². The number of hydrogen-bond acceptors (Lipinski definition) is 9. The molecule has 1 amide bonds. The van der Waals surface area contributed by atoms with Gasteiger partial charge in [-0.3, -0.25) is 15.5 Å². The highest BCUT2D eigenvalue weighted by Crippen LogP contribution is 2.23. The molecule has 0 saturated heterocycles. The van der Waals surface area contributed by atoms with Crippen molar-refractivity contribution in [1.29, 1.82) is 0 Å². The van der Waals surface area contributed by atoms with Crippen molar-refractivity contribution in [3.8, 4) is 0 Å². The van der Waals surface area contributed by atoms with Crippen LogP contribution in [0.25, 0.3) is 0 Å². The van der Waals surface area contributed by atoms with Crippen molar-refractivity contribution in [2.75, 3.05) is 18.4 Å². The summed E-state index contributed by atoms with van der Waals surface area (Å²) in [6.07, 6.45) is 0. The Balaban J connectivity index is 1.35. The molecule has 1 aliphatic rings. The first-order chi connectivity index (χ1) is 16.0. The van der Waals surface area contributed by atoms with E-state index in [4.69, 9.17) is 9.28 Å². The number of fused-ring (bicyclic) bond motifs is 1. The van der Waals surface area contributed by atoms with Gasteiger partial charge in [-0.2, -0.15) is 0 Å². The number of hydroxylamine groups is 1. The standard InChI is InChI=1S/C19H17BBrFN6O5/c21-14-8-12(2-4-15(14)22)25-18(26-31)16-17(28-33-27-16)23-5-6-24-19(29)10-1-3-13-11(7-10)9-32-20(13)30/h1-4,7-8,30-31H,5-6,9H2,(H,23,28)(H,24,29)(H,25,26). The summed E-state index contributed by atoms with van der Waals surface area (Å²) in [7, 11) is -0.960. The minimum Gasteiger partial charge on any atom is -0.423 e. The number of anilines is 1. The van der Waals surface area contributed by atoms with E-state index in [0.29, 0.717) is 16.7 Å². The molecular weight excluding hydrogens is 502 g/mol. The molecular formula is C19H17BBrFN6O5. The molecule has 2 heterocycles. The molecule has 4 rings (SSSR count). The minimum atomic E-state index is -0.960. The van der Waals surface area contributed by atoms with Crippen molar-refractivity contribution in [2.24, 2.45) is 4.99 Å². The van der Waals surface area contributed by atoms with E-state index in [1.54, 1.807) is 18.2 Å². The van der Waals surface area contributed by atoms with Crippen molar-refractivity contribution < 1.29 is 28.7 Å². The maximum Gasteiger partial charge on any atom is 0.491 e. The summed E-state index contributed by atoms with van der Waals surface area (Å²) in [5.74, 6) is -0.648. The Morgan fingerprint density at radius 2 is 2.09 bits per heavy atom.